The molecule has 1 aromatic heterocycles. The Morgan fingerprint density at radius 2 is 2.00 bits per heavy atom. The number of hydrogen-bond acceptors (Lipinski definition) is 3. The molecule has 0 saturated heterocycles. The first-order chi connectivity index (χ1) is 11.9. The molecule has 1 aromatic carbocycles. The summed E-state index contributed by atoms with van der Waals surface area (Å²) in [7, 11) is 0. The van der Waals surface area contributed by atoms with Gasteiger partial charge in [0.1, 0.15) is 5.76 Å². The molecule has 1 heterocycles. The molecule has 1 N–H and O–H groups in total. The van der Waals surface area contributed by atoms with Gasteiger partial charge in [-0.1, -0.05) is 45.0 Å². The molecule has 0 unspecified atom stereocenters. The van der Waals surface area contributed by atoms with Gasteiger partial charge in [-0.2, -0.15) is 5.10 Å². The highest BCUT2D eigenvalue weighted by atomic mass is 16.3. The summed E-state index contributed by atoms with van der Waals surface area (Å²) in [6.07, 6.45) is 7.56. The number of allylic oxidation sites excluding steroid dienone is 1. The normalized spacial score (nSPS) is 20.3. The summed E-state index contributed by atoms with van der Waals surface area (Å²) in [5.41, 5.74) is 5.30. The van der Waals surface area contributed by atoms with Gasteiger partial charge in [-0.05, 0) is 53.2 Å². The van der Waals surface area contributed by atoms with Gasteiger partial charge in [0.2, 0.25) is 5.91 Å². The van der Waals surface area contributed by atoms with Gasteiger partial charge in [-0.3, -0.25) is 4.79 Å². The first-order valence-corrected chi connectivity index (χ1v) is 8.58. The maximum Gasteiger partial charge on any atom is 0.243 e. The molecule has 1 aliphatic rings. The lowest BCUT2D eigenvalue weighted by Gasteiger charge is -2.19. The Kier molecular flexibility index (Phi) is 4.88. The fourth-order valence-electron chi connectivity index (χ4n) is 2.83. The Morgan fingerprint density at radius 1 is 1.24 bits per heavy atom. The van der Waals surface area contributed by atoms with Crippen molar-refractivity contribution in [1.82, 2.24) is 5.43 Å². The maximum atomic E-state index is 12.1. The van der Waals surface area contributed by atoms with Crippen molar-refractivity contribution in [2.24, 2.45) is 11.0 Å². The molecule has 0 bridgehead atoms. The summed E-state index contributed by atoms with van der Waals surface area (Å²) in [5.74, 6) is 1.06. The number of hydrogen-bond donors (Lipinski definition) is 1. The van der Waals surface area contributed by atoms with Crippen LogP contribution in [0.15, 0.2) is 58.3 Å². The first kappa shape index (κ1) is 17.2. The van der Waals surface area contributed by atoms with Crippen molar-refractivity contribution in [2.75, 3.05) is 0 Å². The van der Waals surface area contributed by atoms with Crippen LogP contribution in [0.25, 0.3) is 6.08 Å². The summed E-state index contributed by atoms with van der Waals surface area (Å²) < 4.78 is 5.17. The number of nitrogens with one attached hydrogen (secondary N) is 1. The van der Waals surface area contributed by atoms with Crippen LogP contribution in [0.5, 0.6) is 0 Å². The van der Waals surface area contributed by atoms with Crippen LogP contribution in [0.1, 0.15) is 50.0 Å². The Morgan fingerprint density at radius 3 is 2.64 bits per heavy atom. The second-order valence-corrected chi connectivity index (χ2v) is 7.45. The quantitative estimate of drug-likeness (QED) is 0.646. The second-order valence-electron chi connectivity index (χ2n) is 7.45. The summed E-state index contributed by atoms with van der Waals surface area (Å²) >= 11 is 0. The van der Waals surface area contributed by atoms with E-state index >= 15 is 0 Å². The fraction of sp³-hybridized carbons (Fsp3) is 0.333. The number of benzene rings is 1. The van der Waals surface area contributed by atoms with Crippen molar-refractivity contribution < 1.29 is 9.21 Å². The Hall–Kier alpha value is -2.62. The standard InChI is InChI=1S/C21H24N2O2/c1-21(2,3)16-10-8-15(9-11-16)18-14-19(18)20(24)23-22-12-4-6-17-7-5-13-25-17/h4-13,18-19H,14H2,1-3H3,(H,23,24)/b6-4+,22-12+/t18-,19-/m1/s1. The van der Waals surface area contributed by atoms with Crippen LogP contribution in [0.3, 0.4) is 0 Å². The third-order valence-electron chi connectivity index (χ3n) is 4.47. The maximum absolute atomic E-state index is 12.1. The third kappa shape index (κ3) is 4.47. The van der Waals surface area contributed by atoms with E-state index in [-0.39, 0.29) is 17.2 Å². The molecule has 4 nitrogen and oxygen atoms in total. The molecule has 1 saturated carbocycles. The minimum Gasteiger partial charge on any atom is -0.465 e. The number of rotatable bonds is 5. The van der Waals surface area contributed by atoms with E-state index < -0.39 is 0 Å². The number of amides is 1. The lowest BCUT2D eigenvalue weighted by molar-refractivity contribution is -0.122. The molecule has 25 heavy (non-hydrogen) atoms. The van der Waals surface area contributed by atoms with E-state index in [1.807, 2.05) is 12.1 Å². The Balaban J connectivity index is 1.48. The van der Waals surface area contributed by atoms with Crippen molar-refractivity contribution in [3.63, 3.8) is 0 Å². The van der Waals surface area contributed by atoms with E-state index in [4.69, 9.17) is 4.42 Å². The highest BCUT2D eigenvalue weighted by Crippen LogP contribution is 2.47. The molecular formula is C21H24N2O2. The summed E-state index contributed by atoms with van der Waals surface area (Å²) in [6, 6.07) is 12.3. The van der Waals surface area contributed by atoms with Crippen molar-refractivity contribution in [3.05, 3.63) is 65.6 Å². The van der Waals surface area contributed by atoms with Gasteiger partial charge < -0.3 is 4.42 Å². The monoisotopic (exact) mass is 336 g/mol. The van der Waals surface area contributed by atoms with Gasteiger partial charge in [-0.25, -0.2) is 5.43 Å². The van der Waals surface area contributed by atoms with Crippen molar-refractivity contribution in [3.8, 4) is 0 Å². The van der Waals surface area contributed by atoms with E-state index in [9.17, 15) is 4.79 Å². The summed E-state index contributed by atoms with van der Waals surface area (Å²) in [5, 5.41) is 3.95. The highest BCUT2D eigenvalue weighted by molar-refractivity contribution is 5.84. The summed E-state index contributed by atoms with van der Waals surface area (Å²) in [4.78, 5) is 12.1. The minimum atomic E-state index is -0.0208. The zero-order valence-electron chi connectivity index (χ0n) is 14.9. The Bertz CT molecular complexity index is 765. The average Bonchev–Trinajstić information content (AvgIpc) is 3.22. The molecule has 1 aliphatic carbocycles. The van der Waals surface area contributed by atoms with Crippen LogP contribution in [0.4, 0.5) is 0 Å². The van der Waals surface area contributed by atoms with E-state index in [1.165, 1.54) is 11.1 Å². The lowest BCUT2D eigenvalue weighted by atomic mass is 9.86. The predicted octanol–water partition coefficient (Wildman–Crippen LogP) is 4.50. The molecular weight excluding hydrogens is 312 g/mol. The minimum absolute atomic E-state index is 0.0201. The van der Waals surface area contributed by atoms with Gasteiger partial charge in [-0.15, -0.1) is 0 Å². The topological polar surface area (TPSA) is 54.6 Å². The lowest BCUT2D eigenvalue weighted by Crippen LogP contribution is -2.19. The zero-order chi connectivity index (χ0) is 17.9. The molecule has 0 aliphatic heterocycles. The number of nitrogens with zero attached hydrogens (tertiary/aromatic N) is 1. The van der Waals surface area contributed by atoms with Crippen LogP contribution < -0.4 is 5.43 Å². The van der Waals surface area contributed by atoms with Crippen LogP contribution in [0.2, 0.25) is 0 Å². The number of carbonyl (C=O) groups excluding carboxylic acids is 1. The van der Waals surface area contributed by atoms with Crippen LogP contribution in [0, 0.1) is 5.92 Å². The van der Waals surface area contributed by atoms with Crippen LogP contribution >= 0.6 is 0 Å². The molecule has 0 spiro atoms. The fourth-order valence-corrected chi connectivity index (χ4v) is 2.83. The van der Waals surface area contributed by atoms with Gasteiger partial charge in [0.05, 0.1) is 6.26 Å². The first-order valence-electron chi connectivity index (χ1n) is 8.58. The Labute approximate surface area is 148 Å². The smallest absolute Gasteiger partial charge is 0.243 e. The van der Waals surface area contributed by atoms with Crippen molar-refractivity contribution in [1.29, 1.82) is 0 Å². The second kappa shape index (κ2) is 7.09. The molecule has 2 aromatic rings. The SMILES string of the molecule is CC(C)(C)c1ccc([C@H]2C[C@H]2C(=O)N/N=C/C=C/c2ccco2)cc1. The average molecular weight is 336 g/mol. The van der Waals surface area contributed by atoms with Gasteiger partial charge in [0, 0.05) is 12.1 Å². The number of furan rings is 1. The molecule has 4 heteroatoms. The van der Waals surface area contributed by atoms with Gasteiger partial charge in [0.25, 0.3) is 0 Å². The third-order valence-corrected chi connectivity index (χ3v) is 4.47. The van der Waals surface area contributed by atoms with E-state index in [0.717, 1.165) is 12.2 Å². The molecule has 1 fully saturated rings. The molecule has 0 radical (unpaired) electrons. The summed E-state index contributed by atoms with van der Waals surface area (Å²) in [6.45, 7) is 6.61. The molecule has 2 atom stereocenters. The van der Waals surface area contributed by atoms with E-state index in [0.29, 0.717) is 5.92 Å². The molecule has 3 rings (SSSR count). The van der Waals surface area contributed by atoms with E-state index in [1.54, 1.807) is 24.6 Å². The van der Waals surface area contributed by atoms with Crippen LogP contribution in [-0.4, -0.2) is 12.1 Å². The highest BCUT2D eigenvalue weighted by Gasteiger charge is 2.43. The zero-order valence-corrected chi connectivity index (χ0v) is 14.9. The van der Waals surface area contributed by atoms with Gasteiger partial charge in [0.15, 0.2) is 0 Å². The molecule has 1 amide bonds. The largest absolute Gasteiger partial charge is 0.465 e. The number of hydrazone groups is 1. The van der Waals surface area contributed by atoms with E-state index in [2.05, 4.69) is 55.6 Å². The molecule has 130 valence electrons. The van der Waals surface area contributed by atoms with Gasteiger partial charge >= 0.3 is 0 Å². The van der Waals surface area contributed by atoms with Crippen molar-refractivity contribution >= 4 is 18.2 Å². The predicted molar refractivity (Wildman–Crippen MR) is 100 cm³/mol. The van der Waals surface area contributed by atoms with Crippen LogP contribution in [-0.2, 0) is 10.2 Å². The van der Waals surface area contributed by atoms with Crippen molar-refractivity contribution in [2.45, 2.75) is 38.5 Å². The number of carbonyl (C=O) groups is 1.